The molecular weight excluding hydrogens is 636 g/mol. The highest BCUT2D eigenvalue weighted by Crippen LogP contribution is 2.66. The van der Waals surface area contributed by atoms with Crippen LogP contribution in [0.25, 0.3) is 0 Å². The van der Waals surface area contributed by atoms with E-state index in [2.05, 4.69) is 27.1 Å². The van der Waals surface area contributed by atoms with Crippen molar-refractivity contribution in [2.75, 3.05) is 44.4 Å². The lowest BCUT2D eigenvalue weighted by atomic mass is 9.50. The molecule has 0 aromatic carbocycles. The Morgan fingerprint density at radius 1 is 1.17 bits per heavy atom. The summed E-state index contributed by atoms with van der Waals surface area (Å²) in [6.07, 6.45) is 5.33. The van der Waals surface area contributed by atoms with E-state index in [9.17, 15) is 24.6 Å². The number of aromatic nitrogens is 2. The average Bonchev–Trinajstić information content (AvgIpc) is 3.62. The van der Waals surface area contributed by atoms with E-state index in [-0.39, 0.29) is 48.1 Å². The summed E-state index contributed by atoms with van der Waals surface area (Å²) in [5, 5.41) is 25.9. The molecule has 2 unspecified atom stereocenters. The van der Waals surface area contributed by atoms with Crippen molar-refractivity contribution in [2.24, 2.45) is 28.6 Å². The minimum absolute atomic E-state index is 0.0347. The lowest BCUT2D eigenvalue weighted by Crippen LogP contribution is -2.60. The number of carboxylic acid groups (broad SMARTS) is 1. The predicted molar refractivity (Wildman–Crippen MR) is 179 cm³/mol. The zero-order valence-electron chi connectivity index (χ0n) is 28.8. The maximum absolute atomic E-state index is 14.8. The first-order chi connectivity index (χ1) is 22.7. The quantitative estimate of drug-likeness (QED) is 0.233. The number of nitrogens with one attached hydrogen (secondary N) is 1. The number of carbonyl (C=O) groups excluding carboxylic acids is 2. The lowest BCUT2D eigenvalue weighted by Gasteiger charge is -2.54. The summed E-state index contributed by atoms with van der Waals surface area (Å²) in [7, 11) is 0. The zero-order valence-corrected chi connectivity index (χ0v) is 29.6. The van der Waals surface area contributed by atoms with Crippen molar-refractivity contribution in [2.45, 2.75) is 96.8 Å². The second-order valence-electron chi connectivity index (χ2n) is 15.8. The van der Waals surface area contributed by atoms with Crippen LogP contribution in [0.15, 0.2) is 23.3 Å². The van der Waals surface area contributed by atoms with Crippen LogP contribution in [-0.2, 0) is 19.1 Å². The van der Waals surface area contributed by atoms with Gasteiger partial charge in [0.25, 0.3) is 5.88 Å². The van der Waals surface area contributed by atoms with Crippen LogP contribution in [0, 0.1) is 28.6 Å². The average molecular weight is 687 g/mol. The Morgan fingerprint density at radius 2 is 1.92 bits per heavy atom. The van der Waals surface area contributed by atoms with Crippen LogP contribution in [0.2, 0.25) is 0 Å². The highest BCUT2D eigenvalue weighted by atomic mass is 32.1. The maximum Gasteiger partial charge on any atom is 0.506 e. The fourth-order valence-electron chi connectivity index (χ4n) is 9.09. The van der Waals surface area contributed by atoms with Gasteiger partial charge in [-0.15, -0.1) is 4.37 Å². The Balaban J connectivity index is 1.28. The second-order valence-corrected chi connectivity index (χ2v) is 16.3. The molecule has 13 heteroatoms. The van der Waals surface area contributed by atoms with Crippen LogP contribution >= 0.6 is 11.7 Å². The smallest absolute Gasteiger partial charge is 0.474 e. The molecule has 5 aliphatic rings. The van der Waals surface area contributed by atoms with Crippen LogP contribution in [0.5, 0.6) is 5.88 Å². The second kappa shape index (κ2) is 13.1. The Bertz CT molecular complexity index is 1480. The summed E-state index contributed by atoms with van der Waals surface area (Å²) in [5.74, 6) is -0.0883. The number of rotatable bonds is 10. The van der Waals surface area contributed by atoms with Crippen LogP contribution < -0.4 is 15.0 Å². The third-order valence-corrected chi connectivity index (χ3v) is 12.4. The number of hydrogen-bond acceptors (Lipinski definition) is 12. The molecule has 7 atom stereocenters. The Morgan fingerprint density at radius 3 is 2.62 bits per heavy atom. The van der Waals surface area contributed by atoms with Crippen molar-refractivity contribution < 1.29 is 38.8 Å². The SMILES string of the molecule is CC(C)(C)NCC(COc1nsnc1N1CCOCC1)C(OC(=O)O)C(=O)[C@@]1(O)CC[C@H]2[C@@H]3CCC4=CC(=O)CC[C@]4(C)C3=CC[C@@]21C. The summed E-state index contributed by atoms with van der Waals surface area (Å²) >= 11 is 1.02. The van der Waals surface area contributed by atoms with E-state index in [0.717, 1.165) is 31.0 Å². The minimum Gasteiger partial charge on any atom is -0.474 e. The van der Waals surface area contributed by atoms with Gasteiger partial charge in [0.15, 0.2) is 11.9 Å². The molecule has 2 heterocycles. The van der Waals surface area contributed by atoms with E-state index < -0.39 is 35.0 Å². The Labute approximate surface area is 286 Å². The van der Waals surface area contributed by atoms with Crippen LogP contribution in [0.4, 0.5) is 10.6 Å². The Kier molecular flexibility index (Phi) is 9.55. The molecule has 6 rings (SSSR count). The number of ketones is 2. The van der Waals surface area contributed by atoms with Crippen molar-refractivity contribution in [1.29, 1.82) is 0 Å². The zero-order chi connectivity index (χ0) is 34.5. The normalized spacial score (nSPS) is 33.0. The topological polar surface area (TPSA) is 160 Å². The Hall–Kier alpha value is -2.87. The van der Waals surface area contributed by atoms with Crippen molar-refractivity contribution in [1.82, 2.24) is 14.1 Å². The number of nitrogens with zero attached hydrogens (tertiary/aromatic N) is 3. The standard InChI is InChI=1S/C35H50N4O8S/c1-32(2,3)36-19-21(20-46-30-29(37-48-38-30)39-14-16-45-17-15-39)27(47-31(42)43)28(41)35(44)13-10-26-24-7-6-22-18-23(40)8-11-33(22,4)25(24)9-12-34(26,35)5/h9,18,21,24,26-27,36,44H,6-8,10-17,19-20H2,1-5H3,(H,42,43)/t21?,24-,26+,27?,33+,34+,35+/m1/s1. The number of Topliss-reactive ketones (excluding diaryl/α,β-unsaturated/α-hetero) is 1. The first-order valence-corrected chi connectivity index (χ1v) is 18.0. The summed E-state index contributed by atoms with van der Waals surface area (Å²) in [6.45, 7) is 12.7. The van der Waals surface area contributed by atoms with Gasteiger partial charge in [-0.3, -0.25) is 9.59 Å². The van der Waals surface area contributed by atoms with Gasteiger partial charge in [0.2, 0.25) is 11.6 Å². The summed E-state index contributed by atoms with van der Waals surface area (Å²) in [4.78, 5) is 41.2. The van der Waals surface area contributed by atoms with E-state index in [4.69, 9.17) is 14.2 Å². The third-order valence-electron chi connectivity index (χ3n) is 11.9. The van der Waals surface area contributed by atoms with Crippen LogP contribution in [-0.4, -0.2) is 93.4 Å². The van der Waals surface area contributed by atoms with Gasteiger partial charge in [0, 0.05) is 42.4 Å². The highest BCUT2D eigenvalue weighted by Gasteiger charge is 2.66. The number of fused-ring (bicyclic) bond motifs is 5. The van der Waals surface area contributed by atoms with E-state index in [1.807, 2.05) is 38.7 Å². The first-order valence-electron chi connectivity index (χ1n) is 17.3. The molecule has 0 amide bonds. The van der Waals surface area contributed by atoms with Crippen molar-refractivity contribution in [3.63, 3.8) is 0 Å². The van der Waals surface area contributed by atoms with Gasteiger partial charge in [-0.05, 0) is 77.2 Å². The van der Waals surface area contributed by atoms with Gasteiger partial charge in [0.1, 0.15) is 5.60 Å². The molecule has 0 spiro atoms. The molecular formula is C35H50N4O8S. The molecule has 4 aliphatic carbocycles. The van der Waals surface area contributed by atoms with Gasteiger partial charge in [-0.2, -0.15) is 4.37 Å². The van der Waals surface area contributed by atoms with Gasteiger partial charge in [-0.25, -0.2) is 4.79 Å². The number of anilines is 1. The number of morpholine rings is 1. The summed E-state index contributed by atoms with van der Waals surface area (Å²) in [6, 6.07) is 0. The van der Waals surface area contributed by atoms with E-state index >= 15 is 0 Å². The summed E-state index contributed by atoms with van der Waals surface area (Å²) < 4.78 is 25.9. The van der Waals surface area contributed by atoms with Crippen molar-refractivity contribution in [3.8, 4) is 5.88 Å². The number of carbonyl (C=O) groups is 3. The molecule has 1 saturated heterocycles. The lowest BCUT2D eigenvalue weighted by molar-refractivity contribution is -0.166. The first kappa shape index (κ1) is 35.0. The van der Waals surface area contributed by atoms with E-state index in [0.29, 0.717) is 57.3 Å². The number of ether oxygens (including phenoxy) is 3. The molecule has 1 aliphatic heterocycles. The minimum atomic E-state index is -1.81. The van der Waals surface area contributed by atoms with Crippen LogP contribution in [0.3, 0.4) is 0 Å². The van der Waals surface area contributed by atoms with Crippen LogP contribution in [0.1, 0.15) is 79.6 Å². The molecule has 3 N–H and O–H groups in total. The van der Waals surface area contributed by atoms with Gasteiger partial charge < -0.3 is 34.6 Å². The molecule has 264 valence electrons. The van der Waals surface area contributed by atoms with Crippen molar-refractivity contribution >= 4 is 35.3 Å². The van der Waals surface area contributed by atoms with Gasteiger partial charge in [-0.1, -0.05) is 31.1 Å². The monoisotopic (exact) mass is 686 g/mol. The highest BCUT2D eigenvalue weighted by molar-refractivity contribution is 6.99. The molecule has 0 bridgehead atoms. The number of allylic oxidation sites excluding steroid dienone is 4. The van der Waals surface area contributed by atoms with Gasteiger partial charge in [0.05, 0.1) is 37.5 Å². The fraction of sp³-hybridized carbons (Fsp3) is 0.743. The van der Waals surface area contributed by atoms with Gasteiger partial charge >= 0.3 is 6.16 Å². The van der Waals surface area contributed by atoms with E-state index in [1.54, 1.807) is 0 Å². The molecule has 48 heavy (non-hydrogen) atoms. The van der Waals surface area contributed by atoms with E-state index in [1.165, 1.54) is 11.1 Å². The number of aliphatic hydroxyl groups is 1. The molecule has 1 aromatic heterocycles. The van der Waals surface area contributed by atoms with Crippen molar-refractivity contribution in [3.05, 3.63) is 23.3 Å². The maximum atomic E-state index is 14.8. The molecule has 12 nitrogen and oxygen atoms in total. The fourth-order valence-corrected chi connectivity index (χ4v) is 9.61. The molecule has 1 aromatic rings. The summed E-state index contributed by atoms with van der Waals surface area (Å²) in [5.41, 5.74) is -0.615. The molecule has 0 radical (unpaired) electrons. The number of hydrogen-bond donors (Lipinski definition) is 3. The molecule has 2 saturated carbocycles. The third kappa shape index (κ3) is 6.31. The molecule has 3 fully saturated rings. The largest absolute Gasteiger partial charge is 0.506 e. The predicted octanol–water partition coefficient (Wildman–Crippen LogP) is 4.57.